The van der Waals surface area contributed by atoms with Gasteiger partial charge in [0.25, 0.3) is 0 Å². The van der Waals surface area contributed by atoms with E-state index in [2.05, 4.69) is 38.6 Å². The molecule has 0 radical (unpaired) electrons. The molecule has 3 rings (SSSR count). The Hall–Kier alpha value is -0.950. The van der Waals surface area contributed by atoms with Crippen molar-refractivity contribution in [2.75, 3.05) is 59.5 Å². The molecular formula is C19H35N5O. The number of nitrogens with one attached hydrogen (secondary N) is 1. The van der Waals surface area contributed by atoms with Gasteiger partial charge in [-0.15, -0.1) is 0 Å². The summed E-state index contributed by atoms with van der Waals surface area (Å²) in [6.07, 6.45) is 5.43. The first-order valence-electron chi connectivity index (χ1n) is 9.94. The first-order chi connectivity index (χ1) is 12.2. The van der Waals surface area contributed by atoms with Gasteiger partial charge in [0.1, 0.15) is 5.82 Å². The maximum atomic E-state index is 9.82. The maximum absolute atomic E-state index is 9.82. The van der Waals surface area contributed by atoms with Crippen molar-refractivity contribution in [1.82, 2.24) is 24.7 Å². The first kappa shape index (κ1) is 18.8. The predicted molar refractivity (Wildman–Crippen MR) is 100 cm³/mol. The zero-order chi connectivity index (χ0) is 17.6. The molecule has 2 fully saturated rings. The second-order valence-corrected chi connectivity index (χ2v) is 7.96. The molecule has 0 spiro atoms. The minimum absolute atomic E-state index is 0.305. The Morgan fingerprint density at radius 3 is 2.64 bits per heavy atom. The number of aromatic amines is 1. The molecule has 0 aliphatic carbocycles. The van der Waals surface area contributed by atoms with E-state index in [0.29, 0.717) is 18.4 Å². The fraction of sp³-hybridized carbons (Fsp3) is 0.842. The Balaban J connectivity index is 1.49. The summed E-state index contributed by atoms with van der Waals surface area (Å²) in [7, 11) is 2.20. The van der Waals surface area contributed by atoms with Gasteiger partial charge in [-0.25, -0.2) is 4.98 Å². The summed E-state index contributed by atoms with van der Waals surface area (Å²) in [6, 6.07) is 0. The standard InChI is InChI=1S/C19H35N5O/c1-3-4-5-19-20-10-18(21-19)14-24-12-16(17(13-24)15-25)11-23-8-6-22(2)7-9-23/h10,16-17,25H,3-9,11-15H2,1-2H3,(H,20,21)/t16-,17-/m1/s1. The molecule has 142 valence electrons. The monoisotopic (exact) mass is 349 g/mol. The van der Waals surface area contributed by atoms with E-state index < -0.39 is 0 Å². The summed E-state index contributed by atoms with van der Waals surface area (Å²) in [5, 5.41) is 9.82. The number of aryl methyl sites for hydroxylation is 1. The van der Waals surface area contributed by atoms with Gasteiger partial charge in [-0.05, 0) is 25.3 Å². The highest BCUT2D eigenvalue weighted by Crippen LogP contribution is 2.25. The van der Waals surface area contributed by atoms with Crippen LogP contribution in [0.2, 0.25) is 0 Å². The fourth-order valence-corrected chi connectivity index (χ4v) is 4.14. The SMILES string of the molecule is CCCCc1ncc(CN2C[C@@H](CN3CCN(C)CC3)[C@@H](CO)C2)[nH]1. The number of aliphatic hydroxyl groups excluding tert-OH is 1. The largest absolute Gasteiger partial charge is 0.396 e. The number of likely N-dealkylation sites (tertiary alicyclic amines) is 1. The highest BCUT2D eigenvalue weighted by Gasteiger charge is 2.34. The van der Waals surface area contributed by atoms with Gasteiger partial charge >= 0.3 is 0 Å². The Morgan fingerprint density at radius 2 is 1.92 bits per heavy atom. The molecule has 0 bridgehead atoms. The van der Waals surface area contributed by atoms with Crippen LogP contribution < -0.4 is 0 Å². The van der Waals surface area contributed by atoms with Crippen LogP contribution in [0.15, 0.2) is 6.20 Å². The number of imidazole rings is 1. The van der Waals surface area contributed by atoms with Crippen molar-refractivity contribution in [3.63, 3.8) is 0 Å². The number of piperazine rings is 1. The lowest BCUT2D eigenvalue weighted by atomic mass is 9.96. The molecule has 2 aliphatic heterocycles. The molecule has 3 heterocycles. The van der Waals surface area contributed by atoms with Crippen molar-refractivity contribution in [1.29, 1.82) is 0 Å². The lowest BCUT2D eigenvalue weighted by Crippen LogP contribution is -2.47. The summed E-state index contributed by atoms with van der Waals surface area (Å²) in [6.45, 7) is 11.3. The van der Waals surface area contributed by atoms with E-state index in [1.807, 2.05) is 6.20 Å². The van der Waals surface area contributed by atoms with Gasteiger partial charge in [0.15, 0.2) is 0 Å². The van der Waals surface area contributed by atoms with Crippen LogP contribution in [0.25, 0.3) is 0 Å². The van der Waals surface area contributed by atoms with E-state index in [0.717, 1.165) is 64.6 Å². The van der Waals surface area contributed by atoms with Gasteiger partial charge in [0, 0.05) is 77.3 Å². The fourth-order valence-electron chi connectivity index (χ4n) is 4.14. The minimum Gasteiger partial charge on any atom is -0.396 e. The molecule has 25 heavy (non-hydrogen) atoms. The third-order valence-corrected chi connectivity index (χ3v) is 5.82. The molecule has 2 atom stereocenters. The smallest absolute Gasteiger partial charge is 0.106 e. The van der Waals surface area contributed by atoms with Crippen LogP contribution in [0, 0.1) is 11.8 Å². The van der Waals surface area contributed by atoms with Crippen molar-refractivity contribution in [2.24, 2.45) is 11.8 Å². The number of hydrogen-bond donors (Lipinski definition) is 2. The van der Waals surface area contributed by atoms with E-state index >= 15 is 0 Å². The molecule has 2 aliphatic rings. The van der Waals surface area contributed by atoms with Crippen LogP contribution in [0.1, 0.15) is 31.3 Å². The summed E-state index contributed by atoms with van der Waals surface area (Å²) in [4.78, 5) is 15.5. The van der Waals surface area contributed by atoms with E-state index in [1.54, 1.807) is 0 Å². The van der Waals surface area contributed by atoms with E-state index in [9.17, 15) is 5.11 Å². The number of nitrogens with zero attached hydrogens (tertiary/aromatic N) is 4. The normalized spacial score (nSPS) is 26.5. The van der Waals surface area contributed by atoms with Gasteiger partial charge in [-0.3, -0.25) is 4.90 Å². The molecule has 0 unspecified atom stereocenters. The third-order valence-electron chi connectivity index (χ3n) is 5.82. The lowest BCUT2D eigenvalue weighted by molar-refractivity contribution is 0.116. The number of aliphatic hydroxyl groups is 1. The Bertz CT molecular complexity index is 512. The summed E-state index contributed by atoms with van der Waals surface area (Å²) < 4.78 is 0. The van der Waals surface area contributed by atoms with E-state index in [-0.39, 0.29) is 0 Å². The zero-order valence-corrected chi connectivity index (χ0v) is 16.0. The van der Waals surface area contributed by atoms with Crippen LogP contribution in [-0.2, 0) is 13.0 Å². The molecular weight excluding hydrogens is 314 g/mol. The lowest BCUT2D eigenvalue weighted by Gasteiger charge is -2.34. The molecule has 0 amide bonds. The molecule has 6 nitrogen and oxygen atoms in total. The Morgan fingerprint density at radius 1 is 1.16 bits per heavy atom. The Labute approximate surface area is 152 Å². The van der Waals surface area contributed by atoms with Gasteiger partial charge < -0.3 is 19.9 Å². The van der Waals surface area contributed by atoms with E-state index in [4.69, 9.17) is 0 Å². The molecule has 2 saturated heterocycles. The first-order valence-corrected chi connectivity index (χ1v) is 9.94. The topological polar surface area (TPSA) is 58.6 Å². The molecule has 0 aromatic carbocycles. The van der Waals surface area contributed by atoms with E-state index in [1.165, 1.54) is 18.5 Å². The number of aromatic nitrogens is 2. The second-order valence-electron chi connectivity index (χ2n) is 7.96. The molecule has 2 N–H and O–H groups in total. The maximum Gasteiger partial charge on any atom is 0.106 e. The van der Waals surface area contributed by atoms with Crippen LogP contribution >= 0.6 is 0 Å². The van der Waals surface area contributed by atoms with Crippen LogP contribution in [-0.4, -0.2) is 89.2 Å². The highest BCUT2D eigenvalue weighted by atomic mass is 16.3. The van der Waals surface area contributed by atoms with Crippen molar-refractivity contribution in [3.05, 3.63) is 17.7 Å². The number of unbranched alkanes of at least 4 members (excludes halogenated alkanes) is 1. The van der Waals surface area contributed by atoms with Gasteiger partial charge in [-0.1, -0.05) is 13.3 Å². The quantitative estimate of drug-likeness (QED) is 0.734. The molecule has 1 aromatic heterocycles. The predicted octanol–water partition coefficient (Wildman–Crippen LogP) is 1.04. The molecule has 0 saturated carbocycles. The highest BCUT2D eigenvalue weighted by molar-refractivity contribution is 5.02. The summed E-state index contributed by atoms with van der Waals surface area (Å²) in [5.74, 6) is 2.10. The van der Waals surface area contributed by atoms with Crippen LogP contribution in [0.3, 0.4) is 0 Å². The van der Waals surface area contributed by atoms with Gasteiger partial charge in [0.05, 0.1) is 0 Å². The average Bonchev–Trinajstić information content (AvgIpc) is 3.22. The van der Waals surface area contributed by atoms with Crippen LogP contribution in [0.5, 0.6) is 0 Å². The molecule has 1 aromatic rings. The van der Waals surface area contributed by atoms with Crippen molar-refractivity contribution in [2.45, 2.75) is 32.7 Å². The minimum atomic E-state index is 0.305. The van der Waals surface area contributed by atoms with Crippen molar-refractivity contribution < 1.29 is 5.11 Å². The summed E-state index contributed by atoms with van der Waals surface area (Å²) >= 11 is 0. The van der Waals surface area contributed by atoms with Crippen molar-refractivity contribution >= 4 is 0 Å². The third kappa shape index (κ3) is 5.26. The van der Waals surface area contributed by atoms with Gasteiger partial charge in [0.2, 0.25) is 0 Å². The number of hydrogen-bond acceptors (Lipinski definition) is 5. The summed E-state index contributed by atoms with van der Waals surface area (Å²) in [5.41, 5.74) is 1.21. The van der Waals surface area contributed by atoms with Gasteiger partial charge in [-0.2, -0.15) is 0 Å². The zero-order valence-electron chi connectivity index (χ0n) is 16.0. The van der Waals surface area contributed by atoms with Crippen LogP contribution in [0.4, 0.5) is 0 Å². The average molecular weight is 350 g/mol. The second kappa shape index (κ2) is 9.12. The molecule has 6 heteroatoms. The Kier molecular flexibility index (Phi) is 6.87. The number of H-pyrrole nitrogens is 1. The number of likely N-dealkylation sites (N-methyl/N-ethyl adjacent to an activating group) is 1. The van der Waals surface area contributed by atoms with Crippen molar-refractivity contribution in [3.8, 4) is 0 Å². The number of rotatable bonds is 8.